The third-order valence-electron chi connectivity index (χ3n) is 5.09. The van der Waals surface area contributed by atoms with Gasteiger partial charge < -0.3 is 14.4 Å². The molecule has 4 rings (SSSR count). The Balaban J connectivity index is 1.83. The quantitative estimate of drug-likeness (QED) is 0.319. The van der Waals surface area contributed by atoms with Crippen molar-refractivity contribution in [3.8, 4) is 5.75 Å². The van der Waals surface area contributed by atoms with E-state index in [1.807, 2.05) is 6.92 Å². The van der Waals surface area contributed by atoms with E-state index >= 15 is 0 Å². The van der Waals surface area contributed by atoms with Crippen LogP contribution in [-0.2, 0) is 9.59 Å². The van der Waals surface area contributed by atoms with Crippen molar-refractivity contribution in [3.63, 3.8) is 0 Å². The van der Waals surface area contributed by atoms with Crippen molar-refractivity contribution in [2.45, 2.75) is 26.3 Å². The first-order valence-corrected chi connectivity index (χ1v) is 10.5. The molecule has 1 amide bonds. The van der Waals surface area contributed by atoms with Crippen LogP contribution in [0.1, 0.15) is 36.3 Å². The molecular weight excluding hydrogens is 432 g/mol. The predicted octanol–water partition coefficient (Wildman–Crippen LogP) is 5.05. The Bertz CT molecular complexity index is 1180. The zero-order valence-electron chi connectivity index (χ0n) is 17.5. The number of hydrogen-bond acceptors (Lipinski definition) is 6. The monoisotopic (exact) mass is 452 g/mol. The number of ketones is 1. The standard InChI is InChI=1S/C24H21ClN2O5/c1-3-12-31-18-10-6-16(7-11-18)22(28)20-21(15-4-8-17(25)9-5-15)27(24(30)23(20)29)19-13-14(2)32-26-19/h4-11,13,21,28H,3,12H2,1-2H3/t21-/m0/s1. The number of benzene rings is 2. The van der Waals surface area contributed by atoms with E-state index in [0.29, 0.717) is 34.3 Å². The number of amides is 1. The fraction of sp³-hybridized carbons (Fsp3) is 0.208. The van der Waals surface area contributed by atoms with Crippen LogP contribution in [0.3, 0.4) is 0 Å². The molecule has 0 radical (unpaired) electrons. The number of nitrogens with zero attached hydrogens (tertiary/aromatic N) is 2. The molecule has 7 nitrogen and oxygen atoms in total. The van der Waals surface area contributed by atoms with Gasteiger partial charge in [-0.05, 0) is 55.3 Å². The van der Waals surface area contributed by atoms with Gasteiger partial charge in [0.15, 0.2) is 5.82 Å². The van der Waals surface area contributed by atoms with Crippen molar-refractivity contribution in [1.82, 2.24) is 5.16 Å². The lowest BCUT2D eigenvalue weighted by Crippen LogP contribution is -2.29. The second-order valence-corrected chi connectivity index (χ2v) is 7.83. The first-order chi connectivity index (χ1) is 15.4. The van der Waals surface area contributed by atoms with Gasteiger partial charge in [0.25, 0.3) is 5.78 Å². The van der Waals surface area contributed by atoms with E-state index in [1.54, 1.807) is 61.5 Å². The van der Waals surface area contributed by atoms with Gasteiger partial charge in [0, 0.05) is 16.7 Å². The third kappa shape index (κ3) is 3.99. The molecule has 0 saturated carbocycles. The van der Waals surface area contributed by atoms with Gasteiger partial charge >= 0.3 is 5.91 Å². The topological polar surface area (TPSA) is 92.9 Å². The summed E-state index contributed by atoms with van der Waals surface area (Å²) in [4.78, 5) is 27.3. The minimum atomic E-state index is -0.896. The van der Waals surface area contributed by atoms with Gasteiger partial charge in [-0.15, -0.1) is 0 Å². The number of carbonyl (C=O) groups is 2. The summed E-state index contributed by atoms with van der Waals surface area (Å²) in [7, 11) is 0. The summed E-state index contributed by atoms with van der Waals surface area (Å²) in [6.07, 6.45) is 0.869. The number of aliphatic hydroxyl groups is 1. The van der Waals surface area contributed by atoms with Crippen molar-refractivity contribution in [3.05, 3.63) is 82.1 Å². The summed E-state index contributed by atoms with van der Waals surface area (Å²) >= 11 is 6.03. The lowest BCUT2D eigenvalue weighted by Gasteiger charge is -2.22. The highest BCUT2D eigenvalue weighted by Gasteiger charge is 2.48. The molecule has 1 aliphatic heterocycles. The molecule has 1 fully saturated rings. The Morgan fingerprint density at radius 2 is 1.84 bits per heavy atom. The van der Waals surface area contributed by atoms with Crippen molar-refractivity contribution in [2.75, 3.05) is 11.5 Å². The Hall–Kier alpha value is -3.58. The summed E-state index contributed by atoms with van der Waals surface area (Å²) in [6.45, 7) is 4.27. The highest BCUT2D eigenvalue weighted by Crippen LogP contribution is 2.42. The van der Waals surface area contributed by atoms with Crippen LogP contribution >= 0.6 is 11.6 Å². The van der Waals surface area contributed by atoms with Crippen LogP contribution in [0.2, 0.25) is 5.02 Å². The highest BCUT2D eigenvalue weighted by molar-refractivity contribution is 6.51. The normalized spacial score (nSPS) is 17.7. The van der Waals surface area contributed by atoms with Crippen LogP contribution in [0.5, 0.6) is 5.75 Å². The van der Waals surface area contributed by atoms with Crippen molar-refractivity contribution >= 4 is 34.9 Å². The summed E-state index contributed by atoms with van der Waals surface area (Å²) in [5.41, 5.74) is 0.945. The Morgan fingerprint density at radius 1 is 1.16 bits per heavy atom. The van der Waals surface area contributed by atoms with E-state index in [2.05, 4.69) is 5.16 Å². The zero-order chi connectivity index (χ0) is 22.8. The maximum Gasteiger partial charge on any atom is 0.301 e. The van der Waals surface area contributed by atoms with Crippen molar-refractivity contribution in [1.29, 1.82) is 0 Å². The first kappa shape index (κ1) is 21.6. The third-order valence-corrected chi connectivity index (χ3v) is 5.35. The lowest BCUT2D eigenvalue weighted by atomic mass is 9.95. The molecule has 2 heterocycles. The van der Waals surface area contributed by atoms with Gasteiger partial charge in [0.1, 0.15) is 17.3 Å². The predicted molar refractivity (Wildman–Crippen MR) is 120 cm³/mol. The second-order valence-electron chi connectivity index (χ2n) is 7.39. The molecular formula is C24H21ClN2O5. The maximum absolute atomic E-state index is 13.1. The average molecular weight is 453 g/mol. The maximum atomic E-state index is 13.1. The largest absolute Gasteiger partial charge is 0.507 e. The molecule has 3 aromatic rings. The Morgan fingerprint density at radius 3 is 2.44 bits per heavy atom. The smallest absolute Gasteiger partial charge is 0.301 e. The molecule has 0 bridgehead atoms. The molecule has 0 spiro atoms. The number of aliphatic hydroxyl groups excluding tert-OH is 1. The van der Waals surface area contributed by atoms with E-state index in [0.717, 1.165) is 6.42 Å². The molecule has 164 valence electrons. The fourth-order valence-corrected chi connectivity index (χ4v) is 3.71. The first-order valence-electron chi connectivity index (χ1n) is 10.1. The number of aryl methyl sites for hydroxylation is 1. The SMILES string of the molecule is CCCOc1ccc(C(O)=C2C(=O)C(=O)N(c3cc(C)on3)[C@H]2c2ccc(Cl)cc2)cc1. The van der Waals surface area contributed by atoms with Gasteiger partial charge in [-0.1, -0.05) is 35.8 Å². The fourth-order valence-electron chi connectivity index (χ4n) is 3.58. The minimum Gasteiger partial charge on any atom is -0.507 e. The van der Waals surface area contributed by atoms with Crippen molar-refractivity contribution in [2.24, 2.45) is 0 Å². The molecule has 1 aliphatic rings. The van der Waals surface area contributed by atoms with Crippen LogP contribution in [0.15, 0.2) is 64.7 Å². The Labute approximate surface area is 189 Å². The molecule has 0 aliphatic carbocycles. The van der Waals surface area contributed by atoms with Crippen LogP contribution in [0.4, 0.5) is 5.82 Å². The van der Waals surface area contributed by atoms with E-state index < -0.39 is 17.7 Å². The van der Waals surface area contributed by atoms with Crippen LogP contribution in [0, 0.1) is 6.92 Å². The summed E-state index contributed by atoms with van der Waals surface area (Å²) in [6, 6.07) is 14.1. The minimum absolute atomic E-state index is 0.0415. The lowest BCUT2D eigenvalue weighted by molar-refractivity contribution is -0.132. The van der Waals surface area contributed by atoms with Gasteiger partial charge in [-0.3, -0.25) is 14.5 Å². The molecule has 8 heteroatoms. The summed E-state index contributed by atoms with van der Waals surface area (Å²) in [5, 5.41) is 15.5. The van der Waals surface area contributed by atoms with Crippen LogP contribution in [0.25, 0.3) is 5.76 Å². The van der Waals surface area contributed by atoms with E-state index in [-0.39, 0.29) is 17.2 Å². The van der Waals surface area contributed by atoms with Crippen LogP contribution < -0.4 is 9.64 Å². The van der Waals surface area contributed by atoms with Gasteiger partial charge in [0.05, 0.1) is 18.2 Å². The molecule has 2 aromatic carbocycles. The number of rotatable bonds is 6. The van der Waals surface area contributed by atoms with Gasteiger partial charge in [-0.2, -0.15) is 0 Å². The number of Topliss-reactive ketones (excluding diaryl/α,β-unsaturated/α-hetero) is 1. The number of anilines is 1. The van der Waals surface area contributed by atoms with E-state index in [1.165, 1.54) is 4.90 Å². The molecule has 1 saturated heterocycles. The van der Waals surface area contributed by atoms with E-state index in [9.17, 15) is 14.7 Å². The van der Waals surface area contributed by atoms with Gasteiger partial charge in [0.2, 0.25) is 0 Å². The zero-order valence-corrected chi connectivity index (χ0v) is 18.3. The number of carbonyl (C=O) groups excluding carboxylic acids is 2. The molecule has 1 N–H and O–H groups in total. The summed E-state index contributed by atoms with van der Waals surface area (Å²) in [5.74, 6) is -0.576. The summed E-state index contributed by atoms with van der Waals surface area (Å²) < 4.78 is 10.7. The molecule has 1 aromatic heterocycles. The number of halogens is 1. The second kappa shape index (κ2) is 8.88. The van der Waals surface area contributed by atoms with E-state index in [4.69, 9.17) is 20.9 Å². The molecule has 0 unspecified atom stereocenters. The highest BCUT2D eigenvalue weighted by atomic mass is 35.5. The number of hydrogen-bond donors (Lipinski definition) is 1. The van der Waals surface area contributed by atoms with Crippen LogP contribution in [-0.4, -0.2) is 28.6 Å². The average Bonchev–Trinajstić information content (AvgIpc) is 3.33. The number of aromatic nitrogens is 1. The van der Waals surface area contributed by atoms with Crippen molar-refractivity contribution < 1.29 is 24.0 Å². The molecule has 32 heavy (non-hydrogen) atoms. The Kier molecular flexibility index (Phi) is 6.01. The van der Waals surface area contributed by atoms with Gasteiger partial charge in [-0.25, -0.2) is 0 Å². The molecule has 1 atom stereocenters. The number of ether oxygens (including phenoxy) is 1.